The topological polar surface area (TPSA) is 82.7 Å². The third-order valence-corrected chi connectivity index (χ3v) is 6.27. The second-order valence-corrected chi connectivity index (χ2v) is 8.73. The number of aromatic hydroxyl groups is 1. The van der Waals surface area contributed by atoms with Crippen molar-refractivity contribution in [1.82, 2.24) is 4.57 Å². The lowest BCUT2D eigenvalue weighted by Gasteiger charge is -2.42. The van der Waals surface area contributed by atoms with Crippen LogP contribution in [0.1, 0.15) is 41.7 Å². The van der Waals surface area contributed by atoms with Gasteiger partial charge in [-0.25, -0.2) is 9.18 Å². The molecule has 0 unspecified atom stereocenters. The van der Waals surface area contributed by atoms with E-state index in [0.717, 1.165) is 28.0 Å². The summed E-state index contributed by atoms with van der Waals surface area (Å²) in [5.41, 5.74) is 3.37. The molecule has 5 nitrogen and oxygen atoms in total. The molecule has 4 aromatic rings. The average Bonchev–Trinajstić information content (AvgIpc) is 3.08. The number of aromatic nitrogens is 1. The Labute approximate surface area is 184 Å². The molecule has 3 aromatic carbocycles. The van der Waals surface area contributed by atoms with Gasteiger partial charge in [0.1, 0.15) is 11.6 Å². The smallest absolute Gasteiger partial charge is 0.335 e. The van der Waals surface area contributed by atoms with Crippen molar-refractivity contribution >= 4 is 16.9 Å². The standard InChI is InChI=1S/C26H22FNO4/c1-26(32)13-17(14-26)24-22(15-5-7-16(8-6-15)25(30)31)23-20(3-2-4-21(23)29)28(24)19-11-9-18(27)10-12-19/h2-12,17,29,32H,13-14H2,1H3,(H,30,31). The lowest BCUT2D eigenvalue weighted by molar-refractivity contribution is -0.0324. The van der Waals surface area contributed by atoms with Crippen LogP contribution in [0.5, 0.6) is 5.75 Å². The molecule has 0 bridgehead atoms. The molecule has 1 aromatic heterocycles. The molecular formula is C26H22FNO4. The number of aliphatic hydroxyl groups is 1. The summed E-state index contributed by atoms with van der Waals surface area (Å²) in [5.74, 6) is -1.24. The first-order valence-corrected chi connectivity index (χ1v) is 10.4. The summed E-state index contributed by atoms with van der Waals surface area (Å²) in [4.78, 5) is 11.3. The zero-order chi connectivity index (χ0) is 22.6. The van der Waals surface area contributed by atoms with Gasteiger partial charge in [0.2, 0.25) is 0 Å². The number of halogens is 1. The Kier molecular flexibility index (Phi) is 4.57. The number of carbonyl (C=O) groups is 1. The van der Waals surface area contributed by atoms with Crippen LogP contribution in [-0.4, -0.2) is 31.5 Å². The SMILES string of the molecule is CC1(O)CC(c2c(-c3ccc(C(=O)O)cc3)c3c(O)cccc3n2-c2ccc(F)cc2)C1. The van der Waals surface area contributed by atoms with E-state index in [2.05, 4.69) is 0 Å². The van der Waals surface area contributed by atoms with Crippen molar-refractivity contribution in [2.24, 2.45) is 0 Å². The van der Waals surface area contributed by atoms with Crippen molar-refractivity contribution < 1.29 is 24.5 Å². The maximum Gasteiger partial charge on any atom is 0.335 e. The van der Waals surface area contributed by atoms with Gasteiger partial charge in [-0.3, -0.25) is 0 Å². The zero-order valence-corrected chi connectivity index (χ0v) is 17.4. The van der Waals surface area contributed by atoms with Gasteiger partial charge >= 0.3 is 5.97 Å². The zero-order valence-electron chi connectivity index (χ0n) is 17.4. The molecule has 1 fully saturated rings. The van der Waals surface area contributed by atoms with Crippen LogP contribution in [0.4, 0.5) is 4.39 Å². The summed E-state index contributed by atoms with van der Waals surface area (Å²) in [7, 11) is 0. The molecule has 1 heterocycles. The highest BCUT2D eigenvalue weighted by molar-refractivity contribution is 6.03. The van der Waals surface area contributed by atoms with E-state index in [9.17, 15) is 24.5 Å². The molecule has 32 heavy (non-hydrogen) atoms. The predicted octanol–water partition coefficient (Wildman–Crippen LogP) is 5.47. The van der Waals surface area contributed by atoms with Crippen LogP contribution in [0.3, 0.4) is 0 Å². The summed E-state index contributed by atoms with van der Waals surface area (Å²) < 4.78 is 15.7. The molecule has 0 atom stereocenters. The van der Waals surface area contributed by atoms with Crippen LogP contribution in [0, 0.1) is 5.82 Å². The molecule has 0 amide bonds. The Morgan fingerprint density at radius 3 is 2.28 bits per heavy atom. The quantitative estimate of drug-likeness (QED) is 0.400. The van der Waals surface area contributed by atoms with Gasteiger partial charge in [-0.1, -0.05) is 18.2 Å². The van der Waals surface area contributed by atoms with E-state index < -0.39 is 11.6 Å². The summed E-state index contributed by atoms with van der Waals surface area (Å²) >= 11 is 0. The van der Waals surface area contributed by atoms with E-state index in [4.69, 9.17) is 0 Å². The highest BCUT2D eigenvalue weighted by Crippen LogP contribution is 2.52. The summed E-state index contributed by atoms with van der Waals surface area (Å²) in [6, 6.07) is 18.0. The van der Waals surface area contributed by atoms with Gasteiger partial charge in [-0.15, -0.1) is 0 Å². The van der Waals surface area contributed by atoms with Crippen LogP contribution in [0.25, 0.3) is 27.7 Å². The third-order valence-electron chi connectivity index (χ3n) is 6.27. The Morgan fingerprint density at radius 1 is 1.03 bits per heavy atom. The van der Waals surface area contributed by atoms with Crippen LogP contribution >= 0.6 is 0 Å². The minimum Gasteiger partial charge on any atom is -0.507 e. The number of rotatable bonds is 4. The molecular weight excluding hydrogens is 409 g/mol. The lowest BCUT2D eigenvalue weighted by Crippen LogP contribution is -2.40. The first-order chi connectivity index (χ1) is 15.2. The average molecular weight is 431 g/mol. The van der Waals surface area contributed by atoms with Gasteiger partial charge in [-0.2, -0.15) is 0 Å². The second kappa shape index (κ2) is 7.21. The fourth-order valence-corrected chi connectivity index (χ4v) is 4.86. The number of carboxylic acid groups (broad SMARTS) is 1. The number of benzene rings is 3. The Morgan fingerprint density at radius 2 is 1.69 bits per heavy atom. The third kappa shape index (κ3) is 3.24. The van der Waals surface area contributed by atoms with Gasteiger partial charge in [0.15, 0.2) is 0 Å². The fraction of sp³-hybridized carbons (Fsp3) is 0.192. The molecule has 0 saturated heterocycles. The van der Waals surface area contributed by atoms with Gasteiger partial charge < -0.3 is 19.9 Å². The van der Waals surface area contributed by atoms with Crippen LogP contribution in [-0.2, 0) is 0 Å². The van der Waals surface area contributed by atoms with Crippen LogP contribution in [0.15, 0.2) is 66.7 Å². The normalized spacial score (nSPS) is 20.3. The van der Waals surface area contributed by atoms with Gasteiger partial charge in [0.25, 0.3) is 0 Å². The van der Waals surface area contributed by atoms with E-state index in [0.29, 0.717) is 18.2 Å². The van der Waals surface area contributed by atoms with Crippen LogP contribution in [0.2, 0.25) is 0 Å². The number of phenols is 1. The molecule has 5 rings (SSSR count). The number of carboxylic acids is 1. The Hall–Kier alpha value is -3.64. The van der Waals surface area contributed by atoms with Gasteiger partial charge in [-0.05, 0) is 73.9 Å². The Bertz CT molecular complexity index is 1330. The molecule has 1 aliphatic carbocycles. The fourth-order valence-electron chi connectivity index (χ4n) is 4.86. The number of aromatic carboxylic acids is 1. The summed E-state index contributed by atoms with van der Waals surface area (Å²) in [6.07, 6.45) is 1.09. The second-order valence-electron chi connectivity index (χ2n) is 8.73. The number of fused-ring (bicyclic) bond motifs is 1. The number of hydrogen-bond acceptors (Lipinski definition) is 3. The minimum absolute atomic E-state index is 0.0102. The minimum atomic E-state index is -1.01. The van der Waals surface area contributed by atoms with Crippen molar-refractivity contribution in [2.45, 2.75) is 31.3 Å². The number of hydrogen-bond donors (Lipinski definition) is 3. The molecule has 3 N–H and O–H groups in total. The van der Waals surface area contributed by atoms with E-state index in [1.165, 1.54) is 12.1 Å². The molecule has 0 spiro atoms. The van der Waals surface area contributed by atoms with Crippen molar-refractivity contribution in [1.29, 1.82) is 0 Å². The van der Waals surface area contributed by atoms with Gasteiger partial charge in [0, 0.05) is 28.2 Å². The number of phenolic OH excluding ortho intramolecular Hbond substituents is 1. The van der Waals surface area contributed by atoms with E-state index in [1.807, 2.05) is 10.6 Å². The van der Waals surface area contributed by atoms with E-state index in [1.54, 1.807) is 55.5 Å². The Balaban J connectivity index is 1.84. The molecule has 0 radical (unpaired) electrons. The maximum atomic E-state index is 13.7. The summed E-state index contributed by atoms with van der Waals surface area (Å²) in [6.45, 7) is 1.80. The highest BCUT2D eigenvalue weighted by Gasteiger charge is 2.42. The number of nitrogens with zero attached hydrogens (tertiary/aromatic N) is 1. The first kappa shape index (κ1) is 20.3. The van der Waals surface area contributed by atoms with E-state index in [-0.39, 0.29) is 23.0 Å². The molecule has 1 saturated carbocycles. The maximum absolute atomic E-state index is 13.7. The monoisotopic (exact) mass is 431 g/mol. The van der Waals surface area contributed by atoms with Crippen molar-refractivity contribution in [2.75, 3.05) is 0 Å². The van der Waals surface area contributed by atoms with Crippen molar-refractivity contribution in [3.63, 3.8) is 0 Å². The molecule has 162 valence electrons. The molecule has 1 aliphatic rings. The van der Waals surface area contributed by atoms with Crippen molar-refractivity contribution in [3.05, 3.63) is 83.8 Å². The van der Waals surface area contributed by atoms with Crippen molar-refractivity contribution in [3.8, 4) is 22.6 Å². The lowest BCUT2D eigenvalue weighted by atomic mass is 9.69. The molecule has 6 heteroatoms. The first-order valence-electron chi connectivity index (χ1n) is 10.4. The van der Waals surface area contributed by atoms with E-state index >= 15 is 0 Å². The largest absolute Gasteiger partial charge is 0.507 e. The summed E-state index contributed by atoms with van der Waals surface area (Å²) in [5, 5.41) is 31.2. The van der Waals surface area contributed by atoms with Gasteiger partial charge in [0.05, 0.1) is 16.7 Å². The van der Waals surface area contributed by atoms with Crippen LogP contribution < -0.4 is 0 Å². The molecule has 0 aliphatic heterocycles. The highest BCUT2D eigenvalue weighted by atomic mass is 19.1. The predicted molar refractivity (Wildman–Crippen MR) is 120 cm³/mol.